The highest BCUT2D eigenvalue weighted by atomic mass is 35.5. The van der Waals surface area contributed by atoms with E-state index in [4.69, 9.17) is 28.9 Å². The van der Waals surface area contributed by atoms with Gasteiger partial charge >= 0.3 is 0 Å². The summed E-state index contributed by atoms with van der Waals surface area (Å²) in [5, 5.41) is 1.86. The van der Waals surface area contributed by atoms with Crippen molar-refractivity contribution in [3.05, 3.63) is 33.3 Å². The van der Waals surface area contributed by atoms with E-state index in [1.54, 1.807) is 6.07 Å². The third kappa shape index (κ3) is 2.21. The average molecular weight is 276 g/mol. The number of hydrogen-bond acceptors (Lipinski definition) is 2. The Labute approximate surface area is 111 Å². The van der Waals surface area contributed by atoms with Gasteiger partial charge in [-0.3, -0.25) is 0 Å². The second kappa shape index (κ2) is 4.77. The molecule has 2 rings (SSSR count). The van der Waals surface area contributed by atoms with Crippen LogP contribution in [-0.4, -0.2) is 5.25 Å². The van der Waals surface area contributed by atoms with Crippen LogP contribution in [0, 0.1) is 5.92 Å². The van der Waals surface area contributed by atoms with Gasteiger partial charge in [0.15, 0.2) is 0 Å². The van der Waals surface area contributed by atoms with Crippen molar-refractivity contribution in [2.75, 3.05) is 0 Å². The molecule has 1 aromatic rings. The van der Waals surface area contributed by atoms with Gasteiger partial charge in [0.2, 0.25) is 0 Å². The van der Waals surface area contributed by atoms with Gasteiger partial charge < -0.3 is 5.73 Å². The largest absolute Gasteiger partial charge is 0.323 e. The summed E-state index contributed by atoms with van der Waals surface area (Å²) in [5.74, 6) is 1.49. The highest BCUT2D eigenvalue weighted by Crippen LogP contribution is 2.43. The van der Waals surface area contributed by atoms with Crippen molar-refractivity contribution in [2.24, 2.45) is 11.7 Å². The van der Waals surface area contributed by atoms with E-state index >= 15 is 0 Å². The molecule has 0 bridgehead atoms. The number of thioether (sulfide) groups is 1. The third-order valence-electron chi connectivity index (χ3n) is 2.99. The van der Waals surface area contributed by atoms with E-state index in [0.29, 0.717) is 16.2 Å². The van der Waals surface area contributed by atoms with E-state index in [-0.39, 0.29) is 6.04 Å². The summed E-state index contributed by atoms with van der Waals surface area (Å²) >= 11 is 14.1. The first-order chi connectivity index (χ1) is 7.50. The molecule has 0 aromatic heterocycles. The molecule has 1 heterocycles. The molecule has 4 heteroatoms. The Kier molecular flexibility index (Phi) is 3.75. The Hall–Kier alpha value is 0.110. The lowest BCUT2D eigenvalue weighted by molar-refractivity contribution is 0.520. The average Bonchev–Trinajstić information content (AvgIpc) is 2.19. The summed E-state index contributed by atoms with van der Waals surface area (Å²) in [6.07, 6.45) is 0. The van der Waals surface area contributed by atoms with Gasteiger partial charge in [-0.25, -0.2) is 0 Å². The van der Waals surface area contributed by atoms with Crippen molar-refractivity contribution in [3.63, 3.8) is 0 Å². The zero-order chi connectivity index (χ0) is 11.9. The van der Waals surface area contributed by atoms with Crippen LogP contribution in [0.25, 0.3) is 0 Å². The molecule has 0 aliphatic carbocycles. The normalized spacial score (nSPS) is 24.6. The molecule has 0 amide bonds. The molecule has 2 N–H and O–H groups in total. The minimum absolute atomic E-state index is 0.0324. The van der Waals surface area contributed by atoms with E-state index in [9.17, 15) is 0 Å². The molecular weight excluding hydrogens is 261 g/mol. The van der Waals surface area contributed by atoms with Gasteiger partial charge in [0.25, 0.3) is 0 Å². The van der Waals surface area contributed by atoms with Crippen LogP contribution < -0.4 is 5.73 Å². The van der Waals surface area contributed by atoms with Crippen LogP contribution in [0.3, 0.4) is 0 Å². The Morgan fingerprint density at radius 2 is 2.06 bits per heavy atom. The van der Waals surface area contributed by atoms with Crippen LogP contribution in [0.4, 0.5) is 0 Å². The summed E-state index contributed by atoms with van der Waals surface area (Å²) in [5.41, 5.74) is 8.56. The highest BCUT2D eigenvalue weighted by molar-refractivity contribution is 7.99. The molecule has 0 saturated carbocycles. The monoisotopic (exact) mass is 275 g/mol. The summed E-state index contributed by atoms with van der Waals surface area (Å²) in [4.78, 5) is 0. The number of nitrogens with two attached hydrogens (primary N) is 1. The van der Waals surface area contributed by atoms with Gasteiger partial charge in [-0.15, -0.1) is 0 Å². The Balaban J connectivity index is 2.44. The summed E-state index contributed by atoms with van der Waals surface area (Å²) in [7, 11) is 0. The summed E-state index contributed by atoms with van der Waals surface area (Å²) in [6, 6.07) is 3.79. The van der Waals surface area contributed by atoms with Gasteiger partial charge in [0.05, 0.1) is 0 Å². The second-order valence-corrected chi connectivity index (χ2v) is 6.51. The maximum Gasteiger partial charge on any atom is 0.0464 e. The molecule has 1 aliphatic rings. The molecule has 0 saturated heterocycles. The molecular formula is C12H15Cl2NS. The van der Waals surface area contributed by atoms with Crippen LogP contribution in [-0.2, 0) is 5.75 Å². The lowest BCUT2D eigenvalue weighted by Gasteiger charge is -2.33. The van der Waals surface area contributed by atoms with Gasteiger partial charge in [0, 0.05) is 27.1 Å². The molecule has 1 aliphatic heterocycles. The SMILES string of the molecule is CC(C)C1SCc2c(Cl)cc(Cl)cc2C1N. The quantitative estimate of drug-likeness (QED) is 0.829. The topological polar surface area (TPSA) is 26.0 Å². The molecule has 16 heavy (non-hydrogen) atoms. The van der Waals surface area contributed by atoms with Crippen LogP contribution in [0.1, 0.15) is 31.0 Å². The lowest BCUT2D eigenvalue weighted by atomic mass is 9.93. The number of benzene rings is 1. The maximum absolute atomic E-state index is 6.29. The minimum Gasteiger partial charge on any atom is -0.323 e. The maximum atomic E-state index is 6.29. The van der Waals surface area contributed by atoms with Crippen LogP contribution >= 0.6 is 35.0 Å². The Morgan fingerprint density at radius 1 is 1.38 bits per heavy atom. The number of rotatable bonds is 1. The molecule has 1 aromatic carbocycles. The molecule has 0 fully saturated rings. The van der Waals surface area contributed by atoms with Crippen molar-refractivity contribution < 1.29 is 0 Å². The van der Waals surface area contributed by atoms with Gasteiger partial charge in [-0.2, -0.15) is 11.8 Å². The van der Waals surface area contributed by atoms with Crippen LogP contribution in [0.5, 0.6) is 0 Å². The molecule has 1 nitrogen and oxygen atoms in total. The molecule has 2 unspecified atom stereocenters. The fourth-order valence-corrected chi connectivity index (χ4v) is 4.22. The number of halogens is 2. The first-order valence-corrected chi connectivity index (χ1v) is 7.16. The first kappa shape index (κ1) is 12.6. The fraction of sp³-hybridized carbons (Fsp3) is 0.500. The fourth-order valence-electron chi connectivity index (χ4n) is 2.14. The standard InChI is InChI=1S/C12H15Cl2NS/c1-6(2)12-11(15)8-3-7(13)4-10(14)9(8)5-16-12/h3-4,6,11-12H,5,15H2,1-2H3. The van der Waals surface area contributed by atoms with Gasteiger partial charge in [-0.05, 0) is 29.2 Å². The van der Waals surface area contributed by atoms with Gasteiger partial charge in [0.1, 0.15) is 0 Å². The van der Waals surface area contributed by atoms with E-state index in [0.717, 1.165) is 21.9 Å². The predicted molar refractivity (Wildman–Crippen MR) is 73.3 cm³/mol. The van der Waals surface area contributed by atoms with Crippen molar-refractivity contribution >= 4 is 35.0 Å². The first-order valence-electron chi connectivity index (χ1n) is 5.35. The van der Waals surface area contributed by atoms with Crippen molar-refractivity contribution in [1.29, 1.82) is 0 Å². The summed E-state index contributed by atoms with van der Waals surface area (Å²) in [6.45, 7) is 4.41. The van der Waals surface area contributed by atoms with Crippen LogP contribution in [0.2, 0.25) is 10.0 Å². The molecule has 2 atom stereocenters. The van der Waals surface area contributed by atoms with E-state index < -0.39 is 0 Å². The third-order valence-corrected chi connectivity index (χ3v) is 5.22. The van der Waals surface area contributed by atoms with Crippen molar-refractivity contribution in [3.8, 4) is 0 Å². The highest BCUT2D eigenvalue weighted by Gasteiger charge is 2.30. The Morgan fingerprint density at radius 3 is 2.69 bits per heavy atom. The minimum atomic E-state index is 0.0324. The smallest absolute Gasteiger partial charge is 0.0464 e. The predicted octanol–water partition coefficient (Wildman–Crippen LogP) is 4.26. The zero-order valence-corrected chi connectivity index (χ0v) is 11.7. The molecule has 88 valence electrons. The molecule has 0 spiro atoms. The van der Waals surface area contributed by atoms with Crippen molar-refractivity contribution in [1.82, 2.24) is 0 Å². The van der Waals surface area contributed by atoms with E-state index in [1.165, 1.54) is 0 Å². The molecule has 0 radical (unpaired) electrons. The number of fused-ring (bicyclic) bond motifs is 1. The summed E-state index contributed by atoms with van der Waals surface area (Å²) < 4.78 is 0. The van der Waals surface area contributed by atoms with E-state index in [1.807, 2.05) is 17.8 Å². The second-order valence-electron chi connectivity index (χ2n) is 4.50. The zero-order valence-electron chi connectivity index (χ0n) is 9.34. The van der Waals surface area contributed by atoms with Crippen LogP contribution in [0.15, 0.2) is 12.1 Å². The Bertz CT molecular complexity index is 406. The van der Waals surface area contributed by atoms with E-state index in [2.05, 4.69) is 13.8 Å². The lowest BCUT2D eigenvalue weighted by Crippen LogP contribution is -2.32. The number of hydrogen-bond donors (Lipinski definition) is 1. The van der Waals surface area contributed by atoms with Crippen molar-refractivity contribution in [2.45, 2.75) is 30.9 Å². The van der Waals surface area contributed by atoms with Gasteiger partial charge in [-0.1, -0.05) is 37.0 Å².